The van der Waals surface area contributed by atoms with Gasteiger partial charge in [0.05, 0.1) is 17.6 Å². The molecule has 0 fully saturated rings. The van der Waals surface area contributed by atoms with E-state index in [4.69, 9.17) is 16.7 Å². The highest BCUT2D eigenvalue weighted by Crippen LogP contribution is 2.20. The van der Waals surface area contributed by atoms with Crippen molar-refractivity contribution in [2.24, 2.45) is 0 Å². The molecule has 0 aliphatic heterocycles. The van der Waals surface area contributed by atoms with Crippen LogP contribution < -0.4 is 5.32 Å². The molecule has 0 spiro atoms. The third kappa shape index (κ3) is 4.16. The van der Waals surface area contributed by atoms with Crippen LogP contribution in [0.2, 0.25) is 0 Å². The van der Waals surface area contributed by atoms with E-state index in [1.165, 1.54) is 24.3 Å². The van der Waals surface area contributed by atoms with E-state index in [9.17, 15) is 20.0 Å². The molecule has 8 heteroatoms. The zero-order valence-electron chi connectivity index (χ0n) is 9.82. The van der Waals surface area contributed by atoms with Crippen molar-refractivity contribution >= 4 is 23.2 Å². The highest BCUT2D eigenvalue weighted by molar-refractivity contribution is 6.27. The molecule has 0 bridgehead atoms. The fourth-order valence-electron chi connectivity index (χ4n) is 1.50. The first-order valence-electron chi connectivity index (χ1n) is 5.38. The highest BCUT2D eigenvalue weighted by atomic mass is 35.5. The Morgan fingerprint density at radius 2 is 2.00 bits per heavy atom. The molecule has 0 aliphatic rings. The number of nitrogens with one attached hydrogen (secondary N) is 1. The molecule has 104 valence electrons. The molecule has 0 aromatic heterocycles. The van der Waals surface area contributed by atoms with E-state index >= 15 is 0 Å². The normalized spacial score (nSPS) is 13.6. The zero-order valence-corrected chi connectivity index (χ0v) is 10.6. The Bertz CT molecular complexity index is 451. The van der Waals surface area contributed by atoms with Crippen molar-refractivity contribution in [3.05, 3.63) is 39.9 Å². The lowest BCUT2D eigenvalue weighted by molar-refractivity contribution is -0.384. The predicted octanol–water partition coefficient (Wildman–Crippen LogP) is 0.344. The van der Waals surface area contributed by atoms with Crippen molar-refractivity contribution in [3.8, 4) is 0 Å². The van der Waals surface area contributed by atoms with Crippen LogP contribution in [0.15, 0.2) is 24.3 Å². The SMILES string of the molecule is O=C(CCl)NC(CO)C(O)c1ccc([N+](=O)[O-])cc1. The summed E-state index contributed by atoms with van der Waals surface area (Å²) in [6.45, 7) is -0.485. The number of carbonyl (C=O) groups excluding carboxylic acids is 1. The largest absolute Gasteiger partial charge is 0.394 e. The maximum absolute atomic E-state index is 11.1. The summed E-state index contributed by atoms with van der Waals surface area (Å²) >= 11 is 5.31. The number of aliphatic hydroxyl groups is 2. The number of hydrogen-bond acceptors (Lipinski definition) is 5. The third-order valence-electron chi connectivity index (χ3n) is 2.49. The lowest BCUT2D eigenvalue weighted by Gasteiger charge is -2.22. The summed E-state index contributed by atoms with van der Waals surface area (Å²) in [6, 6.07) is 4.26. The molecule has 2 unspecified atom stereocenters. The van der Waals surface area contributed by atoms with E-state index in [2.05, 4.69) is 5.32 Å². The summed E-state index contributed by atoms with van der Waals surface area (Å²) < 4.78 is 0. The van der Waals surface area contributed by atoms with E-state index in [1.54, 1.807) is 0 Å². The maximum atomic E-state index is 11.1. The number of hydrogen-bond donors (Lipinski definition) is 3. The molecule has 0 saturated carbocycles. The van der Waals surface area contributed by atoms with E-state index < -0.39 is 29.6 Å². The van der Waals surface area contributed by atoms with Crippen LogP contribution in [-0.2, 0) is 4.79 Å². The second kappa shape index (κ2) is 7.03. The molecule has 2 atom stereocenters. The predicted molar refractivity (Wildman–Crippen MR) is 67.8 cm³/mol. The number of nitro groups is 1. The molecule has 1 aromatic carbocycles. The van der Waals surface area contributed by atoms with Gasteiger partial charge in [0, 0.05) is 12.1 Å². The monoisotopic (exact) mass is 288 g/mol. The Hall–Kier alpha value is -1.70. The summed E-state index contributed by atoms with van der Waals surface area (Å²) in [5.74, 6) is -0.814. The van der Waals surface area contributed by atoms with Gasteiger partial charge in [-0.25, -0.2) is 0 Å². The van der Waals surface area contributed by atoms with Gasteiger partial charge in [-0.15, -0.1) is 11.6 Å². The number of aliphatic hydroxyl groups excluding tert-OH is 2. The fraction of sp³-hybridized carbons (Fsp3) is 0.364. The minimum Gasteiger partial charge on any atom is -0.394 e. The van der Waals surface area contributed by atoms with Crippen LogP contribution in [0, 0.1) is 10.1 Å². The summed E-state index contributed by atoms with van der Waals surface area (Å²) in [6.07, 6.45) is -1.18. The summed E-state index contributed by atoms with van der Waals surface area (Å²) in [5, 5.41) is 31.9. The van der Waals surface area contributed by atoms with Crippen molar-refractivity contribution in [1.82, 2.24) is 5.32 Å². The molecule has 0 saturated heterocycles. The summed E-state index contributed by atoms with van der Waals surface area (Å²) in [7, 11) is 0. The van der Waals surface area contributed by atoms with Crippen LogP contribution in [0.1, 0.15) is 11.7 Å². The van der Waals surface area contributed by atoms with Crippen LogP contribution in [-0.4, -0.2) is 39.6 Å². The van der Waals surface area contributed by atoms with E-state index in [1.807, 2.05) is 0 Å². The van der Waals surface area contributed by atoms with Gasteiger partial charge in [0.1, 0.15) is 12.0 Å². The molecule has 0 heterocycles. The quantitative estimate of drug-likeness (QED) is 0.397. The number of alkyl halides is 1. The Kier molecular flexibility index (Phi) is 5.68. The fourth-order valence-corrected chi connectivity index (χ4v) is 1.57. The van der Waals surface area contributed by atoms with Crippen LogP contribution in [0.25, 0.3) is 0 Å². The maximum Gasteiger partial charge on any atom is 0.269 e. The van der Waals surface area contributed by atoms with Crippen molar-refractivity contribution in [1.29, 1.82) is 0 Å². The number of amides is 1. The van der Waals surface area contributed by atoms with Crippen molar-refractivity contribution in [3.63, 3.8) is 0 Å². The number of benzene rings is 1. The second-order valence-corrected chi connectivity index (χ2v) is 4.05. The molecule has 7 nitrogen and oxygen atoms in total. The van der Waals surface area contributed by atoms with Gasteiger partial charge in [0.25, 0.3) is 5.69 Å². The summed E-state index contributed by atoms with van der Waals surface area (Å²) in [5.41, 5.74) is 0.237. The van der Waals surface area contributed by atoms with Crippen LogP contribution >= 0.6 is 11.6 Å². The smallest absolute Gasteiger partial charge is 0.269 e. The minimum atomic E-state index is -1.18. The molecule has 0 radical (unpaired) electrons. The Balaban J connectivity index is 2.81. The Morgan fingerprint density at radius 1 is 1.42 bits per heavy atom. The highest BCUT2D eigenvalue weighted by Gasteiger charge is 2.22. The lowest BCUT2D eigenvalue weighted by Crippen LogP contribution is -2.42. The number of carbonyl (C=O) groups is 1. The van der Waals surface area contributed by atoms with Crippen molar-refractivity contribution in [2.45, 2.75) is 12.1 Å². The van der Waals surface area contributed by atoms with Gasteiger partial charge < -0.3 is 15.5 Å². The van der Waals surface area contributed by atoms with E-state index in [0.717, 1.165) is 0 Å². The topological polar surface area (TPSA) is 113 Å². The van der Waals surface area contributed by atoms with Crippen LogP contribution in [0.4, 0.5) is 5.69 Å². The lowest BCUT2D eigenvalue weighted by atomic mass is 10.0. The molecular formula is C11H13ClN2O5. The van der Waals surface area contributed by atoms with Crippen molar-refractivity contribution in [2.75, 3.05) is 12.5 Å². The first kappa shape index (κ1) is 15.4. The van der Waals surface area contributed by atoms with Gasteiger partial charge in [0.2, 0.25) is 5.91 Å². The van der Waals surface area contributed by atoms with E-state index in [-0.39, 0.29) is 11.6 Å². The van der Waals surface area contributed by atoms with Gasteiger partial charge in [-0.2, -0.15) is 0 Å². The second-order valence-electron chi connectivity index (χ2n) is 3.78. The number of halogens is 1. The van der Waals surface area contributed by atoms with Gasteiger partial charge in [-0.05, 0) is 17.7 Å². The number of non-ortho nitro benzene ring substituents is 1. The standard InChI is InChI=1S/C11H13ClN2O5/c12-5-10(16)13-9(6-15)11(17)7-1-3-8(4-2-7)14(18)19/h1-4,9,11,15,17H,5-6H2,(H,13,16). The average Bonchev–Trinajstić information content (AvgIpc) is 2.43. The van der Waals surface area contributed by atoms with Crippen molar-refractivity contribution < 1.29 is 19.9 Å². The number of nitro benzene ring substituents is 1. The van der Waals surface area contributed by atoms with Gasteiger partial charge in [-0.3, -0.25) is 14.9 Å². The molecule has 19 heavy (non-hydrogen) atoms. The van der Waals surface area contributed by atoms with E-state index in [0.29, 0.717) is 5.56 Å². The Labute approximate surface area is 114 Å². The first-order valence-corrected chi connectivity index (χ1v) is 5.91. The van der Waals surface area contributed by atoms with Gasteiger partial charge in [-0.1, -0.05) is 0 Å². The first-order chi connectivity index (χ1) is 8.99. The number of nitrogens with zero attached hydrogens (tertiary/aromatic N) is 1. The molecule has 1 aromatic rings. The molecule has 3 N–H and O–H groups in total. The summed E-state index contributed by atoms with van der Waals surface area (Å²) in [4.78, 5) is 21.0. The zero-order chi connectivity index (χ0) is 14.4. The third-order valence-corrected chi connectivity index (χ3v) is 2.73. The van der Waals surface area contributed by atoms with Gasteiger partial charge >= 0.3 is 0 Å². The molecular weight excluding hydrogens is 276 g/mol. The number of rotatable bonds is 6. The average molecular weight is 289 g/mol. The molecule has 1 rings (SSSR count). The minimum absolute atomic E-state index is 0.110. The van der Waals surface area contributed by atoms with Crippen LogP contribution in [0.3, 0.4) is 0 Å². The Morgan fingerprint density at radius 3 is 2.42 bits per heavy atom. The molecule has 1 amide bonds. The van der Waals surface area contributed by atoms with Gasteiger partial charge in [0.15, 0.2) is 0 Å². The van der Waals surface area contributed by atoms with Crippen LogP contribution in [0.5, 0.6) is 0 Å². The molecule has 0 aliphatic carbocycles.